The zero-order valence-electron chi connectivity index (χ0n) is 18.5. The van der Waals surface area contributed by atoms with Crippen LogP contribution in [0.3, 0.4) is 0 Å². The van der Waals surface area contributed by atoms with Crippen molar-refractivity contribution >= 4 is 11.9 Å². The van der Waals surface area contributed by atoms with Crippen molar-refractivity contribution in [3.05, 3.63) is 42.0 Å². The van der Waals surface area contributed by atoms with E-state index in [1.165, 1.54) is 4.90 Å². The van der Waals surface area contributed by atoms with Crippen molar-refractivity contribution in [2.75, 3.05) is 34.5 Å². The zero-order valence-corrected chi connectivity index (χ0v) is 18.5. The third-order valence-electron chi connectivity index (χ3n) is 6.61. The maximum atomic E-state index is 13.5. The molecule has 0 aliphatic carbocycles. The molecule has 168 valence electrons. The molecule has 0 saturated carbocycles. The highest BCUT2D eigenvalue weighted by Gasteiger charge is 2.58. The molecular formula is C24H27N3O5. The summed E-state index contributed by atoms with van der Waals surface area (Å²) in [6.45, 7) is 1.12. The number of likely N-dealkylation sites (N-methyl/N-ethyl adjacent to an activating group) is 1. The van der Waals surface area contributed by atoms with Crippen LogP contribution in [0.1, 0.15) is 24.8 Å². The fourth-order valence-corrected chi connectivity index (χ4v) is 4.96. The van der Waals surface area contributed by atoms with Crippen LogP contribution in [0.15, 0.2) is 41.4 Å². The number of hydrogen-bond acceptors (Lipinski definition) is 7. The Kier molecular flexibility index (Phi) is 4.78. The second-order valence-electron chi connectivity index (χ2n) is 8.62. The number of aliphatic imine (C=N–C) groups is 1. The Bertz CT molecular complexity index is 1090. The monoisotopic (exact) mass is 437 g/mol. The maximum absolute atomic E-state index is 13.5. The molecule has 2 N–H and O–H groups in total. The smallest absolute Gasteiger partial charge is 0.261 e. The molecule has 2 spiro atoms. The van der Waals surface area contributed by atoms with E-state index in [-0.39, 0.29) is 11.9 Å². The molecule has 32 heavy (non-hydrogen) atoms. The molecular weight excluding hydrogens is 410 g/mol. The average molecular weight is 437 g/mol. The van der Waals surface area contributed by atoms with E-state index in [9.17, 15) is 4.79 Å². The van der Waals surface area contributed by atoms with Gasteiger partial charge in [-0.2, -0.15) is 0 Å². The summed E-state index contributed by atoms with van der Waals surface area (Å²) in [6, 6.07) is 11.5. The van der Waals surface area contributed by atoms with Crippen LogP contribution in [0, 0.1) is 0 Å². The van der Waals surface area contributed by atoms with Gasteiger partial charge in [0.25, 0.3) is 5.91 Å². The summed E-state index contributed by atoms with van der Waals surface area (Å²) in [4.78, 5) is 19.7. The first-order valence-electron chi connectivity index (χ1n) is 10.7. The van der Waals surface area contributed by atoms with Crippen LogP contribution in [-0.2, 0) is 15.1 Å². The Morgan fingerprint density at radius 2 is 1.84 bits per heavy atom. The van der Waals surface area contributed by atoms with Crippen LogP contribution >= 0.6 is 0 Å². The molecule has 2 aromatic rings. The summed E-state index contributed by atoms with van der Waals surface area (Å²) >= 11 is 0. The van der Waals surface area contributed by atoms with E-state index in [4.69, 9.17) is 29.7 Å². The molecule has 3 heterocycles. The Morgan fingerprint density at radius 3 is 2.44 bits per heavy atom. The first-order chi connectivity index (χ1) is 15.4. The summed E-state index contributed by atoms with van der Waals surface area (Å²) in [5.41, 5.74) is 6.90. The first-order valence-corrected chi connectivity index (χ1v) is 10.7. The fraction of sp³-hybridized carbons (Fsp3) is 0.417. The second-order valence-corrected chi connectivity index (χ2v) is 8.62. The van der Waals surface area contributed by atoms with Crippen LogP contribution in [0.25, 0.3) is 11.1 Å². The van der Waals surface area contributed by atoms with Crippen molar-refractivity contribution in [1.82, 2.24) is 4.90 Å². The largest absolute Gasteiger partial charge is 0.497 e. The number of ether oxygens (including phenoxy) is 4. The molecule has 0 aromatic heterocycles. The minimum absolute atomic E-state index is 0.148. The normalized spacial score (nSPS) is 26.7. The Hall–Kier alpha value is -3.26. The topological polar surface area (TPSA) is 95.6 Å². The predicted octanol–water partition coefficient (Wildman–Crippen LogP) is 2.68. The number of methoxy groups -OCH3 is 2. The van der Waals surface area contributed by atoms with Crippen molar-refractivity contribution in [3.63, 3.8) is 0 Å². The molecule has 5 rings (SSSR count). The van der Waals surface area contributed by atoms with Gasteiger partial charge >= 0.3 is 0 Å². The third-order valence-corrected chi connectivity index (χ3v) is 6.61. The van der Waals surface area contributed by atoms with Crippen molar-refractivity contribution in [1.29, 1.82) is 0 Å². The summed E-state index contributed by atoms with van der Waals surface area (Å²) in [5.74, 6) is 2.06. The van der Waals surface area contributed by atoms with Crippen LogP contribution < -0.4 is 19.9 Å². The number of nitrogens with two attached hydrogens (primary N) is 1. The molecule has 0 bridgehead atoms. The SMILES string of the molecule is COc1cc(OC)cc(-c2ccc3c(c2)[C@]2(C[C@]4(CCCOC4)O3)N=C(N)N(C)C2=O)c1. The molecule has 1 saturated heterocycles. The molecule has 1 amide bonds. The number of benzene rings is 2. The number of amides is 1. The number of guanidine groups is 1. The van der Waals surface area contributed by atoms with Gasteiger partial charge < -0.3 is 24.7 Å². The molecule has 8 heteroatoms. The molecule has 8 nitrogen and oxygen atoms in total. The number of nitrogens with zero attached hydrogens (tertiary/aromatic N) is 2. The van der Waals surface area contributed by atoms with E-state index in [0.29, 0.717) is 42.4 Å². The van der Waals surface area contributed by atoms with Gasteiger partial charge in [-0.25, -0.2) is 4.99 Å². The highest BCUT2D eigenvalue weighted by atomic mass is 16.5. The summed E-state index contributed by atoms with van der Waals surface area (Å²) in [5, 5.41) is 0. The molecule has 0 radical (unpaired) electrons. The molecule has 0 unspecified atom stereocenters. The minimum atomic E-state index is -1.13. The van der Waals surface area contributed by atoms with Crippen LogP contribution in [0.4, 0.5) is 0 Å². The highest BCUT2D eigenvalue weighted by Crippen LogP contribution is 2.52. The van der Waals surface area contributed by atoms with Gasteiger partial charge in [-0.3, -0.25) is 9.69 Å². The average Bonchev–Trinajstić information content (AvgIpc) is 3.02. The minimum Gasteiger partial charge on any atom is -0.497 e. The van der Waals surface area contributed by atoms with E-state index in [1.807, 2.05) is 36.4 Å². The van der Waals surface area contributed by atoms with Crippen molar-refractivity contribution in [2.24, 2.45) is 10.7 Å². The first kappa shape index (κ1) is 20.6. The Morgan fingerprint density at radius 1 is 1.09 bits per heavy atom. The van der Waals surface area contributed by atoms with E-state index in [1.54, 1.807) is 21.3 Å². The van der Waals surface area contributed by atoms with Gasteiger partial charge in [0.15, 0.2) is 11.5 Å². The number of rotatable bonds is 3. The van der Waals surface area contributed by atoms with Gasteiger partial charge in [0, 0.05) is 31.7 Å². The Balaban J connectivity index is 1.67. The van der Waals surface area contributed by atoms with Gasteiger partial charge in [0.2, 0.25) is 0 Å². The predicted molar refractivity (Wildman–Crippen MR) is 119 cm³/mol. The number of carbonyl (C=O) groups is 1. The van der Waals surface area contributed by atoms with Gasteiger partial charge in [-0.1, -0.05) is 6.07 Å². The van der Waals surface area contributed by atoms with Crippen molar-refractivity contribution in [3.8, 4) is 28.4 Å². The lowest BCUT2D eigenvalue weighted by Gasteiger charge is -2.46. The van der Waals surface area contributed by atoms with E-state index in [2.05, 4.69) is 0 Å². The zero-order chi connectivity index (χ0) is 22.5. The molecule has 3 aliphatic heterocycles. The van der Waals surface area contributed by atoms with Gasteiger partial charge in [0.1, 0.15) is 22.8 Å². The molecule has 2 aromatic carbocycles. The number of fused-ring (bicyclic) bond motifs is 2. The lowest BCUT2D eigenvalue weighted by Crippen LogP contribution is -2.55. The van der Waals surface area contributed by atoms with Crippen LogP contribution in [-0.4, -0.2) is 56.8 Å². The van der Waals surface area contributed by atoms with Crippen molar-refractivity contribution < 1.29 is 23.7 Å². The van der Waals surface area contributed by atoms with E-state index < -0.39 is 11.1 Å². The molecule has 2 atom stereocenters. The van der Waals surface area contributed by atoms with E-state index >= 15 is 0 Å². The number of hydrogen-bond donors (Lipinski definition) is 1. The van der Waals surface area contributed by atoms with Gasteiger partial charge in [-0.15, -0.1) is 0 Å². The van der Waals surface area contributed by atoms with E-state index in [0.717, 1.165) is 24.0 Å². The molecule has 1 fully saturated rings. The quantitative estimate of drug-likeness (QED) is 0.793. The lowest BCUT2D eigenvalue weighted by molar-refractivity contribution is -0.139. The third kappa shape index (κ3) is 3.09. The number of carbonyl (C=O) groups excluding carboxylic acids is 1. The van der Waals surface area contributed by atoms with Crippen LogP contribution in [0.2, 0.25) is 0 Å². The highest BCUT2D eigenvalue weighted by molar-refractivity contribution is 6.07. The van der Waals surface area contributed by atoms with Gasteiger partial charge in [0.05, 0.1) is 20.8 Å². The fourth-order valence-electron chi connectivity index (χ4n) is 4.96. The molecule has 3 aliphatic rings. The lowest BCUT2D eigenvalue weighted by atomic mass is 9.74. The summed E-state index contributed by atoms with van der Waals surface area (Å²) < 4.78 is 23.1. The Labute approximate surface area is 186 Å². The second kappa shape index (κ2) is 7.41. The van der Waals surface area contributed by atoms with Gasteiger partial charge in [-0.05, 0) is 48.2 Å². The van der Waals surface area contributed by atoms with Crippen LogP contribution in [0.5, 0.6) is 17.2 Å². The standard InChI is InChI=1S/C24H27N3O5/c1-27-21(28)24(26-22(27)25)13-23(7-4-8-31-14-23)32-20-6-5-15(11-19(20)24)16-9-17(29-2)12-18(10-16)30-3/h5-6,9-12H,4,7-8,13-14H2,1-3H3,(H2,25,26)/t23-,24-/m0/s1. The van der Waals surface area contributed by atoms with Crippen molar-refractivity contribution in [2.45, 2.75) is 30.4 Å². The maximum Gasteiger partial charge on any atom is 0.261 e. The summed E-state index contributed by atoms with van der Waals surface area (Å²) in [7, 11) is 4.89. The summed E-state index contributed by atoms with van der Waals surface area (Å²) in [6.07, 6.45) is 2.06.